The molecule has 3 aromatic rings. The van der Waals surface area contributed by atoms with Crippen molar-refractivity contribution < 1.29 is 28.2 Å². The number of carbonyl (C=O) groups is 2. The lowest BCUT2D eigenvalue weighted by Crippen LogP contribution is -2.48. The first kappa shape index (κ1) is 25.2. The molecule has 1 aromatic carbocycles. The first-order valence-corrected chi connectivity index (χ1v) is 10.8. The molecule has 2 N–H and O–H groups in total. The van der Waals surface area contributed by atoms with Gasteiger partial charge in [-0.3, -0.25) is 9.20 Å². The zero-order valence-electron chi connectivity index (χ0n) is 19.2. The van der Waals surface area contributed by atoms with Crippen LogP contribution in [0.4, 0.5) is 13.6 Å². The minimum atomic E-state index is -1.09. The quantitative estimate of drug-likeness (QED) is 0.498. The van der Waals surface area contributed by atoms with Crippen LogP contribution in [0.1, 0.15) is 42.5 Å². The zero-order valence-corrected chi connectivity index (χ0v) is 19.9. The molecule has 2 aromatic heterocycles. The predicted octanol–water partition coefficient (Wildman–Crippen LogP) is 4.66. The van der Waals surface area contributed by atoms with Gasteiger partial charge in [-0.2, -0.15) is 0 Å². The summed E-state index contributed by atoms with van der Waals surface area (Å²) < 4.78 is 35.0. The van der Waals surface area contributed by atoms with Crippen molar-refractivity contribution in [3.63, 3.8) is 0 Å². The van der Waals surface area contributed by atoms with E-state index in [1.165, 1.54) is 27.6 Å². The van der Waals surface area contributed by atoms with Crippen molar-refractivity contribution >= 4 is 29.2 Å². The summed E-state index contributed by atoms with van der Waals surface area (Å²) in [6.45, 7) is 6.65. The van der Waals surface area contributed by atoms with Crippen molar-refractivity contribution in [1.82, 2.24) is 19.6 Å². The normalized spacial score (nSPS) is 11.5. The zero-order chi connectivity index (χ0) is 25.2. The van der Waals surface area contributed by atoms with E-state index >= 15 is 0 Å². The Labute approximate surface area is 200 Å². The molecule has 3 rings (SSSR count). The molecule has 11 heteroatoms. The van der Waals surface area contributed by atoms with Gasteiger partial charge in [-0.15, -0.1) is 0 Å². The number of fused-ring (bicyclic) bond motifs is 1. The summed E-state index contributed by atoms with van der Waals surface area (Å²) in [5.41, 5.74) is -0.0909. The van der Waals surface area contributed by atoms with E-state index in [1.807, 2.05) is 0 Å². The average Bonchev–Trinajstić information content (AvgIpc) is 3.05. The van der Waals surface area contributed by atoms with Crippen LogP contribution in [0.3, 0.4) is 0 Å². The van der Waals surface area contributed by atoms with Crippen LogP contribution in [0.5, 0.6) is 5.75 Å². The third-order valence-electron chi connectivity index (χ3n) is 5.14. The summed E-state index contributed by atoms with van der Waals surface area (Å²) in [6, 6.07) is 4.95. The van der Waals surface area contributed by atoms with Crippen LogP contribution >= 0.6 is 11.6 Å². The number of halogens is 3. The van der Waals surface area contributed by atoms with Crippen molar-refractivity contribution in [3.05, 3.63) is 64.1 Å². The van der Waals surface area contributed by atoms with Crippen LogP contribution < -0.4 is 10.1 Å². The highest BCUT2D eigenvalue weighted by Gasteiger charge is 2.26. The standard InChI is InChI=1S/C23H25ClF2N4O4/c1-13-19(21(31)27-8-9-30(22(32)33)23(2,3)4)29-11-14(24)10-18(20(29)28-13)34-12-15-16(25)6-5-7-17(15)26/h5-7,10-11H,8-9,12H2,1-4H3,(H,27,31)(H,32,33). The molecule has 34 heavy (non-hydrogen) atoms. The van der Waals surface area contributed by atoms with E-state index in [2.05, 4.69) is 10.3 Å². The Morgan fingerprint density at radius 2 is 1.91 bits per heavy atom. The van der Waals surface area contributed by atoms with E-state index in [0.29, 0.717) is 5.69 Å². The van der Waals surface area contributed by atoms with Crippen molar-refractivity contribution in [2.75, 3.05) is 13.1 Å². The summed E-state index contributed by atoms with van der Waals surface area (Å²) in [5.74, 6) is -1.84. The van der Waals surface area contributed by atoms with Crippen LogP contribution in [-0.4, -0.2) is 50.0 Å². The van der Waals surface area contributed by atoms with Gasteiger partial charge in [-0.05, 0) is 39.8 Å². The van der Waals surface area contributed by atoms with Crippen molar-refractivity contribution in [2.24, 2.45) is 0 Å². The maximum atomic E-state index is 14.0. The number of rotatable bonds is 7. The van der Waals surface area contributed by atoms with Gasteiger partial charge in [0.15, 0.2) is 11.4 Å². The average molecular weight is 495 g/mol. The number of hydrogen-bond donors (Lipinski definition) is 2. The Hall–Kier alpha value is -3.40. The number of aromatic nitrogens is 2. The van der Waals surface area contributed by atoms with Crippen molar-refractivity contribution in [2.45, 2.75) is 39.8 Å². The summed E-state index contributed by atoms with van der Waals surface area (Å²) in [5, 5.41) is 12.3. The number of benzene rings is 1. The smallest absolute Gasteiger partial charge is 0.407 e. The minimum Gasteiger partial charge on any atom is -0.485 e. The SMILES string of the molecule is Cc1nc2c(OCc3c(F)cccc3F)cc(Cl)cn2c1C(=O)NCCN(C(=O)O)C(C)(C)C. The van der Waals surface area contributed by atoms with E-state index in [0.717, 1.165) is 12.1 Å². The van der Waals surface area contributed by atoms with Crippen LogP contribution in [0.15, 0.2) is 30.5 Å². The lowest BCUT2D eigenvalue weighted by molar-refractivity contribution is 0.0887. The predicted molar refractivity (Wildman–Crippen MR) is 122 cm³/mol. The van der Waals surface area contributed by atoms with Gasteiger partial charge in [0.2, 0.25) is 0 Å². The molecule has 0 saturated heterocycles. The number of carbonyl (C=O) groups excluding carboxylic acids is 1. The fraction of sp³-hybridized carbons (Fsp3) is 0.348. The van der Waals surface area contributed by atoms with Gasteiger partial charge in [-0.1, -0.05) is 17.7 Å². The molecule has 0 atom stereocenters. The largest absolute Gasteiger partial charge is 0.485 e. The molecule has 0 saturated carbocycles. The number of carboxylic acid groups (broad SMARTS) is 1. The molecular weight excluding hydrogens is 470 g/mol. The van der Waals surface area contributed by atoms with E-state index < -0.39 is 35.8 Å². The monoisotopic (exact) mass is 494 g/mol. The van der Waals surface area contributed by atoms with E-state index in [-0.39, 0.29) is 40.8 Å². The number of ether oxygens (including phenoxy) is 1. The molecule has 2 amide bonds. The maximum absolute atomic E-state index is 14.0. The molecule has 0 aliphatic heterocycles. The minimum absolute atomic E-state index is 0.0750. The molecule has 0 unspecified atom stereocenters. The fourth-order valence-electron chi connectivity index (χ4n) is 3.48. The summed E-state index contributed by atoms with van der Waals surface area (Å²) in [7, 11) is 0. The van der Waals surface area contributed by atoms with Crippen molar-refractivity contribution in [1.29, 1.82) is 0 Å². The molecular formula is C23H25ClF2N4O4. The number of nitrogens with zero attached hydrogens (tertiary/aromatic N) is 3. The lowest BCUT2D eigenvalue weighted by Gasteiger charge is -2.33. The Kier molecular flexibility index (Phi) is 7.30. The van der Waals surface area contributed by atoms with Gasteiger partial charge >= 0.3 is 6.09 Å². The first-order valence-electron chi connectivity index (χ1n) is 10.4. The molecule has 182 valence electrons. The maximum Gasteiger partial charge on any atom is 0.407 e. The highest BCUT2D eigenvalue weighted by Crippen LogP contribution is 2.28. The number of hydrogen-bond acceptors (Lipinski definition) is 4. The Morgan fingerprint density at radius 3 is 2.50 bits per heavy atom. The second kappa shape index (κ2) is 9.84. The van der Waals surface area contributed by atoms with Gasteiger partial charge in [0.1, 0.15) is 23.9 Å². The number of nitrogens with one attached hydrogen (secondary N) is 1. The number of pyridine rings is 1. The van der Waals surface area contributed by atoms with Crippen LogP contribution in [-0.2, 0) is 6.61 Å². The summed E-state index contributed by atoms with van der Waals surface area (Å²) in [4.78, 5) is 30.0. The fourth-order valence-corrected chi connectivity index (χ4v) is 3.68. The van der Waals surface area contributed by atoms with Gasteiger partial charge in [0, 0.05) is 30.9 Å². The van der Waals surface area contributed by atoms with Crippen LogP contribution in [0.2, 0.25) is 5.02 Å². The third-order valence-corrected chi connectivity index (χ3v) is 5.34. The first-order chi connectivity index (χ1) is 15.9. The topological polar surface area (TPSA) is 96.2 Å². The van der Waals surface area contributed by atoms with Gasteiger partial charge in [0.05, 0.1) is 16.3 Å². The third kappa shape index (κ3) is 5.39. The Balaban J connectivity index is 1.83. The Bertz CT molecular complexity index is 1220. The van der Waals surface area contributed by atoms with E-state index in [4.69, 9.17) is 16.3 Å². The molecule has 0 fully saturated rings. The summed E-state index contributed by atoms with van der Waals surface area (Å²) in [6.07, 6.45) is 0.383. The molecule has 0 spiro atoms. The van der Waals surface area contributed by atoms with Crippen molar-refractivity contribution in [3.8, 4) is 5.75 Å². The molecule has 0 bridgehead atoms. The highest BCUT2D eigenvalue weighted by atomic mass is 35.5. The molecule has 2 heterocycles. The number of aryl methyl sites for hydroxylation is 1. The second-order valence-electron chi connectivity index (χ2n) is 8.61. The number of imidazole rings is 1. The van der Waals surface area contributed by atoms with E-state index in [9.17, 15) is 23.5 Å². The molecule has 0 aliphatic rings. The lowest BCUT2D eigenvalue weighted by atomic mass is 10.1. The van der Waals surface area contributed by atoms with Gasteiger partial charge < -0.3 is 20.1 Å². The molecule has 0 aliphatic carbocycles. The molecule has 8 nitrogen and oxygen atoms in total. The summed E-state index contributed by atoms with van der Waals surface area (Å²) >= 11 is 6.20. The van der Waals surface area contributed by atoms with Crippen LogP contribution in [0.25, 0.3) is 5.65 Å². The van der Waals surface area contributed by atoms with Gasteiger partial charge in [-0.25, -0.2) is 18.6 Å². The van der Waals surface area contributed by atoms with Gasteiger partial charge in [0.25, 0.3) is 5.91 Å². The van der Waals surface area contributed by atoms with Crippen LogP contribution in [0, 0.1) is 18.6 Å². The number of amides is 2. The molecule has 0 radical (unpaired) electrons. The second-order valence-corrected chi connectivity index (χ2v) is 9.05. The highest BCUT2D eigenvalue weighted by molar-refractivity contribution is 6.30. The van der Waals surface area contributed by atoms with E-state index in [1.54, 1.807) is 27.7 Å². The Morgan fingerprint density at radius 1 is 1.26 bits per heavy atom.